The first-order valence-electron chi connectivity index (χ1n) is 4.18. The monoisotopic (exact) mass is 180 g/mol. The smallest absolute Gasteiger partial charge is 0.126 e. The molecule has 0 aliphatic rings. The van der Waals surface area contributed by atoms with Crippen LogP contribution in [-0.4, -0.2) is 13.8 Å². The van der Waals surface area contributed by atoms with Gasteiger partial charge in [-0.3, -0.25) is 0 Å². The van der Waals surface area contributed by atoms with Gasteiger partial charge < -0.3 is 4.74 Å². The Morgan fingerprint density at radius 2 is 2.15 bits per heavy atom. The molecule has 0 N–H and O–H groups in total. The zero-order valence-electron chi connectivity index (χ0n) is 7.88. The Morgan fingerprint density at radius 3 is 2.69 bits per heavy atom. The van der Waals surface area contributed by atoms with E-state index in [4.69, 9.17) is 4.74 Å². The lowest BCUT2D eigenvalue weighted by Gasteiger charge is -2.08. The lowest BCUT2D eigenvalue weighted by molar-refractivity contribution is 0.413. The predicted octanol–water partition coefficient (Wildman–Crippen LogP) is 3.07. The molecule has 0 spiro atoms. The van der Waals surface area contributed by atoms with Crippen molar-refractivity contribution in [2.24, 2.45) is 0 Å². The second kappa shape index (κ2) is 4.65. The molecule has 70 valence electrons. The average molecular weight is 180 g/mol. The van der Waals surface area contributed by atoms with E-state index in [1.54, 1.807) is 13.2 Å². The normalized spacial score (nSPS) is 11.5. The first kappa shape index (κ1) is 9.78. The topological polar surface area (TPSA) is 9.23 Å². The Morgan fingerprint density at radius 1 is 1.46 bits per heavy atom. The van der Waals surface area contributed by atoms with Crippen molar-refractivity contribution in [3.63, 3.8) is 0 Å². The molecule has 1 rings (SSSR count). The van der Waals surface area contributed by atoms with Gasteiger partial charge in [-0.2, -0.15) is 0 Å². The number of ether oxygens (including phenoxy) is 1. The molecule has 0 unspecified atom stereocenters. The SMILES string of the molecule is C/C=C(/CF)c1ccccc1OC. The maximum atomic E-state index is 12.5. The lowest BCUT2D eigenvalue weighted by Crippen LogP contribution is -1.92. The Balaban J connectivity index is 3.12. The number of para-hydroxylation sites is 1. The Labute approximate surface area is 77.8 Å². The molecule has 0 aliphatic heterocycles. The summed E-state index contributed by atoms with van der Waals surface area (Å²) >= 11 is 0. The van der Waals surface area contributed by atoms with E-state index in [1.165, 1.54) is 0 Å². The van der Waals surface area contributed by atoms with Gasteiger partial charge in [0.05, 0.1) is 7.11 Å². The van der Waals surface area contributed by atoms with Crippen molar-refractivity contribution in [3.8, 4) is 5.75 Å². The van der Waals surface area contributed by atoms with E-state index in [9.17, 15) is 4.39 Å². The first-order valence-corrected chi connectivity index (χ1v) is 4.18. The summed E-state index contributed by atoms with van der Waals surface area (Å²) in [6, 6.07) is 7.42. The minimum Gasteiger partial charge on any atom is -0.496 e. The fourth-order valence-electron chi connectivity index (χ4n) is 1.21. The number of alkyl halides is 1. The molecule has 1 aromatic carbocycles. The maximum absolute atomic E-state index is 12.5. The van der Waals surface area contributed by atoms with Crippen LogP contribution >= 0.6 is 0 Å². The summed E-state index contributed by atoms with van der Waals surface area (Å²) in [7, 11) is 1.59. The standard InChI is InChI=1S/C11H13FO/c1-3-9(8-12)10-6-4-5-7-11(10)13-2/h3-7H,8H2,1-2H3/b9-3-. The van der Waals surface area contributed by atoms with Crippen LogP contribution in [0.1, 0.15) is 12.5 Å². The predicted molar refractivity (Wildman–Crippen MR) is 52.6 cm³/mol. The van der Waals surface area contributed by atoms with Crippen LogP contribution in [0.2, 0.25) is 0 Å². The third kappa shape index (κ3) is 2.08. The van der Waals surface area contributed by atoms with Crippen molar-refractivity contribution in [2.75, 3.05) is 13.8 Å². The van der Waals surface area contributed by atoms with Gasteiger partial charge >= 0.3 is 0 Å². The molecule has 0 heterocycles. The Bertz CT molecular complexity index is 305. The highest BCUT2D eigenvalue weighted by Gasteiger charge is 2.05. The minimum atomic E-state index is -0.461. The van der Waals surface area contributed by atoms with Gasteiger partial charge in [0.25, 0.3) is 0 Å². The number of rotatable bonds is 3. The molecule has 0 radical (unpaired) electrons. The molecule has 1 aromatic rings. The van der Waals surface area contributed by atoms with Gasteiger partial charge in [-0.1, -0.05) is 24.3 Å². The van der Waals surface area contributed by atoms with Crippen LogP contribution < -0.4 is 4.74 Å². The third-order valence-corrected chi connectivity index (χ3v) is 1.95. The number of halogens is 1. The molecule has 0 aromatic heterocycles. The maximum Gasteiger partial charge on any atom is 0.126 e. The van der Waals surface area contributed by atoms with Crippen molar-refractivity contribution in [2.45, 2.75) is 6.92 Å². The molecule has 0 atom stereocenters. The molecule has 0 saturated heterocycles. The van der Waals surface area contributed by atoms with Crippen molar-refractivity contribution < 1.29 is 9.13 Å². The summed E-state index contributed by atoms with van der Waals surface area (Å²) in [6.07, 6.45) is 1.76. The molecule has 0 bridgehead atoms. The highest BCUT2D eigenvalue weighted by atomic mass is 19.1. The molecule has 13 heavy (non-hydrogen) atoms. The van der Waals surface area contributed by atoms with Gasteiger partial charge in [-0.15, -0.1) is 0 Å². The van der Waals surface area contributed by atoms with Crippen LogP contribution in [0, 0.1) is 0 Å². The van der Waals surface area contributed by atoms with E-state index in [0.29, 0.717) is 11.3 Å². The van der Waals surface area contributed by atoms with Crippen LogP contribution in [0.5, 0.6) is 5.75 Å². The van der Waals surface area contributed by atoms with Crippen LogP contribution in [0.15, 0.2) is 30.3 Å². The molecule has 0 fully saturated rings. The summed E-state index contributed by atoms with van der Waals surface area (Å²) < 4.78 is 17.7. The van der Waals surface area contributed by atoms with Gasteiger partial charge in [0.2, 0.25) is 0 Å². The molecular weight excluding hydrogens is 167 g/mol. The largest absolute Gasteiger partial charge is 0.496 e. The number of benzene rings is 1. The summed E-state index contributed by atoms with van der Waals surface area (Å²) in [5, 5.41) is 0. The van der Waals surface area contributed by atoms with Gasteiger partial charge in [-0.25, -0.2) is 4.39 Å². The lowest BCUT2D eigenvalue weighted by atomic mass is 10.1. The van der Waals surface area contributed by atoms with Gasteiger partial charge in [0, 0.05) is 5.56 Å². The van der Waals surface area contributed by atoms with Crippen molar-refractivity contribution in [1.82, 2.24) is 0 Å². The molecule has 0 aliphatic carbocycles. The van der Waals surface area contributed by atoms with Crippen LogP contribution in [-0.2, 0) is 0 Å². The summed E-state index contributed by atoms with van der Waals surface area (Å²) in [6.45, 7) is 1.36. The van der Waals surface area contributed by atoms with Gasteiger partial charge in [0.15, 0.2) is 0 Å². The fourth-order valence-corrected chi connectivity index (χ4v) is 1.21. The number of hydrogen-bond acceptors (Lipinski definition) is 1. The first-order chi connectivity index (χ1) is 6.33. The summed E-state index contributed by atoms with van der Waals surface area (Å²) in [5.41, 5.74) is 1.49. The Kier molecular flexibility index (Phi) is 3.50. The van der Waals surface area contributed by atoms with E-state index in [2.05, 4.69) is 0 Å². The van der Waals surface area contributed by atoms with E-state index in [-0.39, 0.29) is 0 Å². The highest BCUT2D eigenvalue weighted by Crippen LogP contribution is 2.25. The highest BCUT2D eigenvalue weighted by molar-refractivity contribution is 5.70. The zero-order chi connectivity index (χ0) is 9.68. The second-order valence-corrected chi connectivity index (χ2v) is 2.65. The summed E-state index contributed by atoms with van der Waals surface area (Å²) in [5.74, 6) is 0.716. The minimum absolute atomic E-state index is 0.461. The van der Waals surface area contributed by atoms with E-state index in [0.717, 1.165) is 5.56 Å². The van der Waals surface area contributed by atoms with E-state index >= 15 is 0 Å². The fraction of sp³-hybridized carbons (Fsp3) is 0.273. The second-order valence-electron chi connectivity index (χ2n) is 2.65. The Hall–Kier alpha value is -1.31. The van der Waals surface area contributed by atoms with Gasteiger partial charge in [-0.05, 0) is 18.6 Å². The zero-order valence-corrected chi connectivity index (χ0v) is 7.88. The molecule has 2 heteroatoms. The molecule has 0 saturated carbocycles. The van der Waals surface area contributed by atoms with Gasteiger partial charge in [0.1, 0.15) is 12.4 Å². The van der Waals surface area contributed by atoms with Crippen LogP contribution in [0.3, 0.4) is 0 Å². The number of allylic oxidation sites excluding steroid dienone is 2. The quantitative estimate of drug-likeness (QED) is 0.694. The van der Waals surface area contributed by atoms with Crippen LogP contribution in [0.4, 0.5) is 4.39 Å². The average Bonchev–Trinajstić information content (AvgIpc) is 2.20. The molecule has 1 nitrogen and oxygen atoms in total. The third-order valence-electron chi connectivity index (χ3n) is 1.95. The molecule has 0 amide bonds. The van der Waals surface area contributed by atoms with E-state index in [1.807, 2.05) is 31.2 Å². The van der Waals surface area contributed by atoms with E-state index < -0.39 is 6.67 Å². The summed E-state index contributed by atoms with van der Waals surface area (Å²) in [4.78, 5) is 0. The number of hydrogen-bond donors (Lipinski definition) is 0. The number of methoxy groups -OCH3 is 1. The van der Waals surface area contributed by atoms with Crippen LogP contribution in [0.25, 0.3) is 5.57 Å². The van der Waals surface area contributed by atoms with Crippen molar-refractivity contribution in [3.05, 3.63) is 35.9 Å². The molecular formula is C11H13FO. The van der Waals surface area contributed by atoms with Crippen molar-refractivity contribution in [1.29, 1.82) is 0 Å². The van der Waals surface area contributed by atoms with Crippen molar-refractivity contribution >= 4 is 5.57 Å².